The lowest BCUT2D eigenvalue weighted by atomic mass is 10.1. The molecule has 0 bridgehead atoms. The van der Waals surface area contributed by atoms with Gasteiger partial charge in [-0.3, -0.25) is 4.99 Å². The minimum absolute atomic E-state index is 0.731. The van der Waals surface area contributed by atoms with Crippen LogP contribution in [0.15, 0.2) is 23.2 Å². The third-order valence-electron chi connectivity index (χ3n) is 2.79. The predicted molar refractivity (Wildman–Crippen MR) is 69.5 cm³/mol. The van der Waals surface area contributed by atoms with Crippen molar-refractivity contribution in [2.75, 3.05) is 20.2 Å². The molecule has 1 aliphatic rings. The van der Waals surface area contributed by atoms with Crippen molar-refractivity contribution in [1.29, 1.82) is 0 Å². The van der Waals surface area contributed by atoms with E-state index in [2.05, 4.69) is 34.7 Å². The standard InChI is InChI=1S/C13H19N3O/c1-10-4-5-11(12(8-10)17-2)9-16-13-14-6-3-7-15-13/h4-5,8H,3,6-7,9H2,1-2H3,(H2,14,15,16). The van der Waals surface area contributed by atoms with Crippen LogP contribution in [0.25, 0.3) is 0 Å². The van der Waals surface area contributed by atoms with Crippen molar-refractivity contribution >= 4 is 5.96 Å². The highest BCUT2D eigenvalue weighted by Gasteiger charge is 2.06. The Morgan fingerprint density at radius 3 is 3.06 bits per heavy atom. The molecule has 1 aliphatic heterocycles. The number of nitrogens with zero attached hydrogens (tertiary/aromatic N) is 1. The zero-order valence-electron chi connectivity index (χ0n) is 10.4. The number of hydrogen-bond acceptors (Lipinski definition) is 4. The largest absolute Gasteiger partial charge is 0.496 e. The van der Waals surface area contributed by atoms with Crippen molar-refractivity contribution in [1.82, 2.24) is 10.6 Å². The molecule has 1 heterocycles. The van der Waals surface area contributed by atoms with Crippen LogP contribution in [-0.4, -0.2) is 26.2 Å². The van der Waals surface area contributed by atoms with Gasteiger partial charge in [0.2, 0.25) is 0 Å². The van der Waals surface area contributed by atoms with E-state index in [1.807, 2.05) is 6.07 Å². The summed E-state index contributed by atoms with van der Waals surface area (Å²) < 4.78 is 5.37. The monoisotopic (exact) mass is 233 g/mol. The molecular formula is C13H19N3O. The molecule has 4 nitrogen and oxygen atoms in total. The molecule has 1 aromatic carbocycles. The van der Waals surface area contributed by atoms with E-state index in [0.717, 1.165) is 43.3 Å². The molecule has 2 N–H and O–H groups in total. The Labute approximate surface area is 102 Å². The lowest BCUT2D eigenvalue weighted by Gasteiger charge is -2.17. The quantitative estimate of drug-likeness (QED) is 0.830. The van der Waals surface area contributed by atoms with E-state index in [1.54, 1.807) is 7.11 Å². The maximum Gasteiger partial charge on any atom is 0.191 e. The summed E-state index contributed by atoms with van der Waals surface area (Å²) in [7, 11) is 1.70. The third-order valence-corrected chi connectivity index (χ3v) is 2.79. The Morgan fingerprint density at radius 1 is 1.47 bits per heavy atom. The molecule has 92 valence electrons. The summed E-state index contributed by atoms with van der Waals surface area (Å²) in [6.45, 7) is 4.69. The van der Waals surface area contributed by atoms with Crippen LogP contribution in [0.5, 0.6) is 5.75 Å². The van der Waals surface area contributed by atoms with Crippen LogP contribution in [0.4, 0.5) is 0 Å². The molecule has 0 saturated carbocycles. The van der Waals surface area contributed by atoms with E-state index in [-0.39, 0.29) is 0 Å². The SMILES string of the molecule is COc1cc(C)ccc1CNC1=NCCCN1. The average molecular weight is 233 g/mol. The average Bonchev–Trinajstić information content (AvgIpc) is 2.38. The van der Waals surface area contributed by atoms with Crippen LogP contribution in [0.1, 0.15) is 17.5 Å². The Hall–Kier alpha value is -1.71. The van der Waals surface area contributed by atoms with Gasteiger partial charge in [0, 0.05) is 25.2 Å². The molecular weight excluding hydrogens is 214 g/mol. The zero-order valence-corrected chi connectivity index (χ0v) is 10.4. The molecule has 0 amide bonds. The first-order chi connectivity index (χ1) is 8.29. The second-order valence-corrected chi connectivity index (χ2v) is 4.18. The molecule has 17 heavy (non-hydrogen) atoms. The van der Waals surface area contributed by atoms with Crippen molar-refractivity contribution in [2.24, 2.45) is 4.99 Å². The third kappa shape index (κ3) is 3.12. The first-order valence-corrected chi connectivity index (χ1v) is 5.95. The maximum absolute atomic E-state index is 5.37. The van der Waals surface area contributed by atoms with Gasteiger partial charge in [0.15, 0.2) is 5.96 Å². The fourth-order valence-electron chi connectivity index (χ4n) is 1.83. The number of benzene rings is 1. The molecule has 4 heteroatoms. The molecule has 0 radical (unpaired) electrons. The number of guanidine groups is 1. The van der Waals surface area contributed by atoms with Gasteiger partial charge >= 0.3 is 0 Å². The van der Waals surface area contributed by atoms with Crippen LogP contribution >= 0.6 is 0 Å². The fourth-order valence-corrected chi connectivity index (χ4v) is 1.83. The number of ether oxygens (including phenoxy) is 1. The topological polar surface area (TPSA) is 45.6 Å². The van der Waals surface area contributed by atoms with Gasteiger partial charge in [0.25, 0.3) is 0 Å². The van der Waals surface area contributed by atoms with Gasteiger partial charge in [0.1, 0.15) is 5.75 Å². The Kier molecular flexibility index (Phi) is 3.85. The van der Waals surface area contributed by atoms with Crippen LogP contribution in [-0.2, 0) is 6.54 Å². The minimum Gasteiger partial charge on any atom is -0.496 e. The number of hydrogen-bond donors (Lipinski definition) is 2. The second kappa shape index (κ2) is 5.57. The Bertz CT molecular complexity index is 415. The van der Waals surface area contributed by atoms with Gasteiger partial charge in [-0.2, -0.15) is 0 Å². The van der Waals surface area contributed by atoms with Gasteiger partial charge in [-0.25, -0.2) is 0 Å². The number of aryl methyl sites for hydroxylation is 1. The highest BCUT2D eigenvalue weighted by atomic mass is 16.5. The van der Waals surface area contributed by atoms with Crippen LogP contribution < -0.4 is 15.4 Å². The van der Waals surface area contributed by atoms with Gasteiger partial charge in [0.05, 0.1) is 7.11 Å². The van der Waals surface area contributed by atoms with Crippen molar-refractivity contribution in [2.45, 2.75) is 19.9 Å². The normalized spacial score (nSPS) is 14.8. The fraction of sp³-hybridized carbons (Fsp3) is 0.462. The maximum atomic E-state index is 5.37. The van der Waals surface area contributed by atoms with Crippen molar-refractivity contribution in [3.63, 3.8) is 0 Å². The zero-order chi connectivity index (χ0) is 12.1. The molecule has 1 aromatic rings. The van der Waals surface area contributed by atoms with Crippen LogP contribution in [0, 0.1) is 6.92 Å². The van der Waals surface area contributed by atoms with Crippen molar-refractivity contribution in [3.8, 4) is 5.75 Å². The molecule has 0 aromatic heterocycles. The summed E-state index contributed by atoms with van der Waals surface area (Å²) in [4.78, 5) is 4.37. The molecule has 0 aliphatic carbocycles. The smallest absolute Gasteiger partial charge is 0.191 e. The van der Waals surface area contributed by atoms with E-state index in [4.69, 9.17) is 4.74 Å². The van der Waals surface area contributed by atoms with E-state index < -0.39 is 0 Å². The predicted octanol–water partition coefficient (Wildman–Crippen LogP) is 1.44. The highest BCUT2D eigenvalue weighted by molar-refractivity contribution is 5.80. The van der Waals surface area contributed by atoms with E-state index in [1.165, 1.54) is 5.56 Å². The summed E-state index contributed by atoms with van der Waals surface area (Å²) in [5.74, 6) is 1.81. The van der Waals surface area contributed by atoms with E-state index in [9.17, 15) is 0 Å². The van der Waals surface area contributed by atoms with Crippen molar-refractivity contribution in [3.05, 3.63) is 29.3 Å². The van der Waals surface area contributed by atoms with Crippen LogP contribution in [0.3, 0.4) is 0 Å². The summed E-state index contributed by atoms with van der Waals surface area (Å²) in [6, 6.07) is 6.23. The van der Waals surface area contributed by atoms with Gasteiger partial charge < -0.3 is 15.4 Å². The molecule has 2 rings (SSSR count). The summed E-state index contributed by atoms with van der Waals surface area (Å²) in [5, 5.41) is 6.53. The van der Waals surface area contributed by atoms with E-state index >= 15 is 0 Å². The van der Waals surface area contributed by atoms with Gasteiger partial charge in [-0.1, -0.05) is 12.1 Å². The molecule has 0 fully saturated rings. The highest BCUT2D eigenvalue weighted by Crippen LogP contribution is 2.19. The number of methoxy groups -OCH3 is 1. The number of nitrogens with one attached hydrogen (secondary N) is 2. The Morgan fingerprint density at radius 2 is 2.35 bits per heavy atom. The molecule has 0 saturated heterocycles. The first kappa shape index (κ1) is 11.8. The van der Waals surface area contributed by atoms with Crippen LogP contribution in [0.2, 0.25) is 0 Å². The lowest BCUT2D eigenvalue weighted by Crippen LogP contribution is -2.40. The van der Waals surface area contributed by atoms with Gasteiger partial charge in [-0.15, -0.1) is 0 Å². The Balaban J connectivity index is 2.00. The minimum atomic E-state index is 0.731. The molecule has 0 spiro atoms. The second-order valence-electron chi connectivity index (χ2n) is 4.18. The van der Waals surface area contributed by atoms with E-state index in [0.29, 0.717) is 0 Å². The van der Waals surface area contributed by atoms with Gasteiger partial charge in [-0.05, 0) is 25.0 Å². The summed E-state index contributed by atoms with van der Waals surface area (Å²) in [6.07, 6.45) is 1.11. The van der Waals surface area contributed by atoms with Crippen molar-refractivity contribution < 1.29 is 4.74 Å². The number of rotatable bonds is 3. The first-order valence-electron chi connectivity index (χ1n) is 5.95. The summed E-state index contributed by atoms with van der Waals surface area (Å²) in [5.41, 5.74) is 2.35. The summed E-state index contributed by atoms with van der Waals surface area (Å²) >= 11 is 0. The molecule has 0 unspecified atom stereocenters. The number of aliphatic imine (C=N–C) groups is 1. The lowest BCUT2D eigenvalue weighted by molar-refractivity contribution is 0.408. The molecule has 0 atom stereocenters.